The van der Waals surface area contributed by atoms with Crippen molar-refractivity contribution in [2.45, 2.75) is 31.3 Å². The second-order valence-electron chi connectivity index (χ2n) is 5.99. The van der Waals surface area contributed by atoms with Crippen LogP contribution < -0.4 is 5.73 Å². The molecule has 1 unspecified atom stereocenters. The van der Waals surface area contributed by atoms with Gasteiger partial charge in [0.2, 0.25) is 0 Å². The van der Waals surface area contributed by atoms with Gasteiger partial charge in [-0.15, -0.1) is 0 Å². The topological polar surface area (TPSA) is 32.5 Å². The standard InChI is InChI=1S/C16H26ClN3/c1-19(2)15-6-9-20(10-7-15)11-8-16(18)13-4-3-5-14(17)12-13/h3-5,12,15-16H,6-11,18H2,1-2H3. The minimum Gasteiger partial charge on any atom is -0.324 e. The fourth-order valence-corrected chi connectivity index (χ4v) is 3.08. The lowest BCUT2D eigenvalue weighted by Crippen LogP contribution is -2.42. The monoisotopic (exact) mass is 295 g/mol. The van der Waals surface area contributed by atoms with E-state index in [2.05, 4.69) is 30.0 Å². The van der Waals surface area contributed by atoms with Gasteiger partial charge in [0, 0.05) is 17.1 Å². The molecule has 0 spiro atoms. The summed E-state index contributed by atoms with van der Waals surface area (Å²) < 4.78 is 0. The Hall–Kier alpha value is -0.610. The van der Waals surface area contributed by atoms with Crippen molar-refractivity contribution >= 4 is 11.6 Å². The molecule has 112 valence electrons. The molecule has 0 amide bonds. The van der Waals surface area contributed by atoms with Crippen LogP contribution in [-0.4, -0.2) is 49.6 Å². The van der Waals surface area contributed by atoms with E-state index < -0.39 is 0 Å². The molecule has 2 rings (SSSR count). The molecule has 1 atom stereocenters. The molecule has 0 bridgehead atoms. The van der Waals surface area contributed by atoms with Gasteiger partial charge in [0.05, 0.1) is 0 Å². The highest BCUT2D eigenvalue weighted by atomic mass is 35.5. The lowest BCUT2D eigenvalue weighted by molar-refractivity contribution is 0.142. The zero-order valence-electron chi connectivity index (χ0n) is 12.6. The maximum absolute atomic E-state index is 6.26. The van der Waals surface area contributed by atoms with Crippen molar-refractivity contribution in [3.63, 3.8) is 0 Å². The molecule has 1 saturated heterocycles. The number of halogens is 1. The Morgan fingerprint density at radius 1 is 1.35 bits per heavy atom. The fourth-order valence-electron chi connectivity index (χ4n) is 2.88. The van der Waals surface area contributed by atoms with Gasteiger partial charge in [-0.2, -0.15) is 0 Å². The minimum absolute atomic E-state index is 0.0836. The third kappa shape index (κ3) is 4.45. The smallest absolute Gasteiger partial charge is 0.0409 e. The predicted octanol–water partition coefficient (Wildman–Crippen LogP) is 2.76. The van der Waals surface area contributed by atoms with E-state index in [1.54, 1.807) is 0 Å². The summed E-state index contributed by atoms with van der Waals surface area (Å²) in [5.41, 5.74) is 7.40. The quantitative estimate of drug-likeness (QED) is 0.906. The Morgan fingerprint density at radius 2 is 2.05 bits per heavy atom. The molecule has 0 saturated carbocycles. The average Bonchev–Trinajstić information content (AvgIpc) is 2.45. The van der Waals surface area contributed by atoms with Crippen molar-refractivity contribution < 1.29 is 0 Å². The van der Waals surface area contributed by atoms with Crippen molar-refractivity contribution in [1.82, 2.24) is 9.80 Å². The van der Waals surface area contributed by atoms with Crippen molar-refractivity contribution in [2.75, 3.05) is 33.7 Å². The summed E-state index contributed by atoms with van der Waals surface area (Å²) in [7, 11) is 4.35. The highest BCUT2D eigenvalue weighted by Gasteiger charge is 2.20. The SMILES string of the molecule is CN(C)C1CCN(CCC(N)c2cccc(Cl)c2)CC1. The summed E-state index contributed by atoms with van der Waals surface area (Å²) in [6, 6.07) is 8.73. The van der Waals surface area contributed by atoms with Crippen molar-refractivity contribution in [2.24, 2.45) is 5.73 Å². The summed E-state index contributed by atoms with van der Waals surface area (Å²) in [5, 5.41) is 0.768. The van der Waals surface area contributed by atoms with Crippen molar-refractivity contribution in [1.29, 1.82) is 0 Å². The zero-order chi connectivity index (χ0) is 14.5. The van der Waals surface area contributed by atoms with E-state index in [1.807, 2.05) is 18.2 Å². The Bertz CT molecular complexity index is 414. The molecule has 2 N–H and O–H groups in total. The highest BCUT2D eigenvalue weighted by Crippen LogP contribution is 2.20. The molecule has 3 nitrogen and oxygen atoms in total. The first-order valence-corrected chi connectivity index (χ1v) is 7.84. The van der Waals surface area contributed by atoms with Crippen molar-refractivity contribution in [3.05, 3.63) is 34.9 Å². The average molecular weight is 296 g/mol. The third-order valence-electron chi connectivity index (χ3n) is 4.32. The lowest BCUT2D eigenvalue weighted by atomic mass is 10.0. The Morgan fingerprint density at radius 3 is 2.65 bits per heavy atom. The van der Waals surface area contributed by atoms with Gasteiger partial charge >= 0.3 is 0 Å². The van der Waals surface area contributed by atoms with Crippen molar-refractivity contribution in [3.8, 4) is 0 Å². The first-order chi connectivity index (χ1) is 9.56. The largest absolute Gasteiger partial charge is 0.324 e. The number of nitrogens with zero attached hydrogens (tertiary/aromatic N) is 2. The highest BCUT2D eigenvalue weighted by molar-refractivity contribution is 6.30. The zero-order valence-corrected chi connectivity index (χ0v) is 13.3. The van der Waals surface area contributed by atoms with Crippen LogP contribution in [0.4, 0.5) is 0 Å². The summed E-state index contributed by atoms with van der Waals surface area (Å²) >= 11 is 6.01. The molecule has 20 heavy (non-hydrogen) atoms. The molecule has 1 aliphatic rings. The molecule has 0 aliphatic carbocycles. The number of rotatable bonds is 5. The van der Waals surface area contributed by atoms with E-state index in [9.17, 15) is 0 Å². The maximum Gasteiger partial charge on any atom is 0.0409 e. The third-order valence-corrected chi connectivity index (χ3v) is 4.56. The van der Waals surface area contributed by atoms with Crippen LogP contribution in [-0.2, 0) is 0 Å². The van der Waals surface area contributed by atoms with Gasteiger partial charge < -0.3 is 15.5 Å². The molecule has 0 aromatic heterocycles. The molecule has 1 aromatic carbocycles. The maximum atomic E-state index is 6.26. The van der Waals surface area contributed by atoms with E-state index in [-0.39, 0.29) is 6.04 Å². The number of likely N-dealkylation sites (tertiary alicyclic amines) is 1. The minimum atomic E-state index is 0.0836. The summed E-state index contributed by atoms with van der Waals surface area (Å²) in [6.07, 6.45) is 3.52. The van der Waals surface area contributed by atoms with E-state index >= 15 is 0 Å². The molecule has 1 fully saturated rings. The first-order valence-electron chi connectivity index (χ1n) is 7.46. The second kappa shape index (κ2) is 7.41. The van der Waals surface area contributed by atoms with Gasteiger partial charge in [0.1, 0.15) is 0 Å². The van der Waals surface area contributed by atoms with Crippen LogP contribution in [0.3, 0.4) is 0 Å². The second-order valence-corrected chi connectivity index (χ2v) is 6.42. The number of hydrogen-bond acceptors (Lipinski definition) is 3. The molecule has 1 aliphatic heterocycles. The van der Waals surface area contributed by atoms with Crippen LogP contribution in [0.2, 0.25) is 5.02 Å². The van der Waals surface area contributed by atoms with Crippen LogP contribution >= 0.6 is 11.6 Å². The van der Waals surface area contributed by atoms with Gasteiger partial charge in [0.15, 0.2) is 0 Å². The molecule has 1 heterocycles. The van der Waals surface area contributed by atoms with Gasteiger partial charge in [-0.05, 0) is 70.7 Å². The molecular weight excluding hydrogens is 270 g/mol. The van der Waals surface area contributed by atoms with Gasteiger partial charge in [-0.25, -0.2) is 0 Å². The van der Waals surface area contributed by atoms with E-state index in [0.29, 0.717) is 0 Å². The normalized spacial score (nSPS) is 19.4. The number of nitrogens with two attached hydrogens (primary N) is 1. The Labute approximate surface area is 127 Å². The summed E-state index contributed by atoms with van der Waals surface area (Å²) in [6.45, 7) is 3.45. The summed E-state index contributed by atoms with van der Waals surface area (Å²) in [4.78, 5) is 4.87. The Kier molecular flexibility index (Phi) is 5.85. The van der Waals surface area contributed by atoms with Gasteiger partial charge in [0.25, 0.3) is 0 Å². The van der Waals surface area contributed by atoms with Crippen LogP contribution in [0, 0.1) is 0 Å². The summed E-state index contributed by atoms with van der Waals surface area (Å²) in [5.74, 6) is 0. The van der Waals surface area contributed by atoms with Crippen LogP contribution in [0.15, 0.2) is 24.3 Å². The molecule has 1 aromatic rings. The molecule has 0 radical (unpaired) electrons. The van der Waals surface area contributed by atoms with Crippen LogP contribution in [0.25, 0.3) is 0 Å². The van der Waals surface area contributed by atoms with Crippen LogP contribution in [0.1, 0.15) is 30.9 Å². The van der Waals surface area contributed by atoms with E-state index in [0.717, 1.165) is 29.6 Å². The molecule has 4 heteroatoms. The van der Waals surface area contributed by atoms with E-state index in [1.165, 1.54) is 25.9 Å². The first kappa shape index (κ1) is 15.8. The number of piperidine rings is 1. The predicted molar refractivity (Wildman–Crippen MR) is 86.1 cm³/mol. The molecular formula is C16H26ClN3. The van der Waals surface area contributed by atoms with Crippen LogP contribution in [0.5, 0.6) is 0 Å². The Balaban J connectivity index is 1.76. The lowest BCUT2D eigenvalue weighted by Gasteiger charge is -2.35. The van der Waals surface area contributed by atoms with Gasteiger partial charge in [-0.1, -0.05) is 23.7 Å². The van der Waals surface area contributed by atoms with Gasteiger partial charge in [-0.3, -0.25) is 0 Å². The fraction of sp³-hybridized carbons (Fsp3) is 0.625. The number of benzene rings is 1. The number of hydrogen-bond donors (Lipinski definition) is 1. The van der Waals surface area contributed by atoms with E-state index in [4.69, 9.17) is 17.3 Å².